The van der Waals surface area contributed by atoms with Gasteiger partial charge in [-0.05, 0) is 49.2 Å². The molecular formula is C18H20O6. The Kier molecular flexibility index (Phi) is 6.79. The molecule has 0 spiro atoms. The van der Waals surface area contributed by atoms with Crippen molar-refractivity contribution in [2.24, 2.45) is 0 Å². The highest BCUT2D eigenvalue weighted by atomic mass is 16.5. The molecule has 0 bridgehead atoms. The molecule has 0 saturated carbocycles. The van der Waals surface area contributed by atoms with Crippen LogP contribution in [0.15, 0.2) is 36.4 Å². The first-order valence-corrected chi connectivity index (χ1v) is 7.06. The smallest absolute Gasteiger partial charge is 0.339 e. The number of rotatable bonds is 4. The van der Waals surface area contributed by atoms with Gasteiger partial charge in [-0.1, -0.05) is 12.1 Å². The molecule has 0 radical (unpaired) electrons. The molecule has 24 heavy (non-hydrogen) atoms. The van der Waals surface area contributed by atoms with Crippen molar-refractivity contribution < 1.29 is 29.3 Å². The van der Waals surface area contributed by atoms with E-state index < -0.39 is 11.9 Å². The topological polar surface area (TPSA) is 93.1 Å². The predicted octanol–water partition coefficient (Wildman–Crippen LogP) is 3.40. The molecule has 0 aliphatic carbocycles. The fourth-order valence-electron chi connectivity index (χ4n) is 2.10. The molecule has 2 N–H and O–H groups in total. The SMILES string of the molecule is COc1ccc(C(=O)O)cc1C.COc1cccc(C)c1C(=O)O. The third-order valence-electron chi connectivity index (χ3n) is 3.31. The highest BCUT2D eigenvalue weighted by Gasteiger charge is 2.12. The van der Waals surface area contributed by atoms with Crippen LogP contribution in [0.3, 0.4) is 0 Å². The first kappa shape index (κ1) is 19.0. The number of aryl methyl sites for hydroxylation is 2. The normalized spacial score (nSPS) is 9.50. The molecule has 0 unspecified atom stereocenters. The Labute approximate surface area is 140 Å². The Hall–Kier alpha value is -3.02. The molecule has 2 rings (SSSR count). The molecule has 128 valence electrons. The largest absolute Gasteiger partial charge is 0.496 e. The van der Waals surface area contributed by atoms with Gasteiger partial charge >= 0.3 is 11.9 Å². The fourth-order valence-corrected chi connectivity index (χ4v) is 2.10. The molecular weight excluding hydrogens is 312 g/mol. The van der Waals surface area contributed by atoms with Crippen LogP contribution in [0.4, 0.5) is 0 Å². The van der Waals surface area contributed by atoms with Gasteiger partial charge in [0.05, 0.1) is 19.8 Å². The number of hydrogen-bond acceptors (Lipinski definition) is 4. The lowest BCUT2D eigenvalue weighted by Crippen LogP contribution is -2.02. The van der Waals surface area contributed by atoms with Gasteiger partial charge in [-0.15, -0.1) is 0 Å². The maximum absolute atomic E-state index is 10.7. The molecule has 6 nitrogen and oxygen atoms in total. The number of benzene rings is 2. The third-order valence-corrected chi connectivity index (χ3v) is 3.31. The second-order valence-electron chi connectivity index (χ2n) is 4.95. The molecule has 0 saturated heterocycles. The summed E-state index contributed by atoms with van der Waals surface area (Å²) in [6.45, 7) is 3.55. The van der Waals surface area contributed by atoms with Crippen LogP contribution >= 0.6 is 0 Å². The van der Waals surface area contributed by atoms with E-state index in [-0.39, 0.29) is 11.1 Å². The maximum Gasteiger partial charge on any atom is 0.339 e. The fraction of sp³-hybridized carbons (Fsp3) is 0.222. The zero-order valence-corrected chi connectivity index (χ0v) is 14.0. The quantitative estimate of drug-likeness (QED) is 0.891. The number of methoxy groups -OCH3 is 2. The van der Waals surface area contributed by atoms with E-state index in [4.69, 9.17) is 19.7 Å². The van der Waals surface area contributed by atoms with Crippen molar-refractivity contribution in [3.05, 3.63) is 58.7 Å². The van der Waals surface area contributed by atoms with Crippen LogP contribution in [-0.2, 0) is 0 Å². The lowest BCUT2D eigenvalue weighted by molar-refractivity contribution is 0.0683. The number of ether oxygens (including phenoxy) is 2. The van der Waals surface area contributed by atoms with Crippen LogP contribution in [0.25, 0.3) is 0 Å². The second-order valence-corrected chi connectivity index (χ2v) is 4.95. The Morgan fingerprint density at radius 1 is 0.833 bits per heavy atom. The predicted molar refractivity (Wildman–Crippen MR) is 89.4 cm³/mol. The minimum atomic E-state index is -0.954. The monoisotopic (exact) mass is 332 g/mol. The van der Waals surface area contributed by atoms with Gasteiger partial charge < -0.3 is 19.7 Å². The minimum Gasteiger partial charge on any atom is -0.496 e. The van der Waals surface area contributed by atoms with Crippen molar-refractivity contribution in [3.63, 3.8) is 0 Å². The maximum atomic E-state index is 10.7. The van der Waals surface area contributed by atoms with Crippen LogP contribution in [0.1, 0.15) is 31.8 Å². The van der Waals surface area contributed by atoms with Gasteiger partial charge in [0.15, 0.2) is 0 Å². The van der Waals surface area contributed by atoms with Crippen molar-refractivity contribution in [3.8, 4) is 11.5 Å². The van der Waals surface area contributed by atoms with Crippen LogP contribution in [0, 0.1) is 13.8 Å². The van der Waals surface area contributed by atoms with Crippen molar-refractivity contribution >= 4 is 11.9 Å². The summed E-state index contributed by atoms with van der Waals surface area (Å²) in [4.78, 5) is 21.2. The zero-order valence-electron chi connectivity index (χ0n) is 14.0. The molecule has 0 aromatic heterocycles. The number of hydrogen-bond donors (Lipinski definition) is 2. The minimum absolute atomic E-state index is 0.236. The first-order valence-electron chi connectivity index (χ1n) is 7.06. The summed E-state index contributed by atoms with van der Waals surface area (Å²) in [5, 5.41) is 17.4. The van der Waals surface area contributed by atoms with Gasteiger partial charge in [0.1, 0.15) is 17.1 Å². The van der Waals surface area contributed by atoms with Crippen molar-refractivity contribution in [2.75, 3.05) is 14.2 Å². The summed E-state index contributed by atoms with van der Waals surface area (Å²) >= 11 is 0. The first-order chi connectivity index (χ1) is 11.3. The molecule has 2 aromatic carbocycles. The third kappa shape index (κ3) is 4.74. The van der Waals surface area contributed by atoms with E-state index in [1.165, 1.54) is 13.2 Å². The lowest BCUT2D eigenvalue weighted by Gasteiger charge is -2.06. The second kappa shape index (κ2) is 8.57. The highest BCUT2D eigenvalue weighted by molar-refractivity contribution is 5.92. The molecule has 0 atom stereocenters. The van der Waals surface area contributed by atoms with Gasteiger partial charge in [0, 0.05) is 0 Å². The number of carbonyl (C=O) groups is 2. The Morgan fingerprint density at radius 3 is 1.88 bits per heavy atom. The van der Waals surface area contributed by atoms with E-state index in [1.807, 2.05) is 6.92 Å². The van der Waals surface area contributed by atoms with Crippen molar-refractivity contribution in [2.45, 2.75) is 13.8 Å². The Morgan fingerprint density at radius 2 is 1.46 bits per heavy atom. The number of aromatic carboxylic acids is 2. The van der Waals surface area contributed by atoms with Crippen molar-refractivity contribution in [1.29, 1.82) is 0 Å². The van der Waals surface area contributed by atoms with Crippen molar-refractivity contribution in [1.82, 2.24) is 0 Å². The van der Waals surface area contributed by atoms with Gasteiger partial charge in [-0.2, -0.15) is 0 Å². The molecule has 0 heterocycles. The van der Waals surface area contributed by atoms with E-state index in [9.17, 15) is 9.59 Å². The standard InChI is InChI=1S/2C9H10O3/c1-6-5-7(9(10)11)3-4-8(6)12-2;1-6-4-3-5-7(12-2)8(6)9(10)11/h2*3-5H,1-2H3,(H,10,11). The summed E-state index contributed by atoms with van der Waals surface area (Å²) < 4.78 is 9.89. The summed E-state index contributed by atoms with van der Waals surface area (Å²) in [7, 11) is 3.02. The molecule has 2 aromatic rings. The van der Waals surface area contributed by atoms with Crippen LogP contribution in [0.2, 0.25) is 0 Å². The van der Waals surface area contributed by atoms with Crippen LogP contribution < -0.4 is 9.47 Å². The van der Waals surface area contributed by atoms with E-state index in [0.717, 1.165) is 5.56 Å². The van der Waals surface area contributed by atoms with E-state index in [2.05, 4.69) is 0 Å². The average Bonchev–Trinajstić information content (AvgIpc) is 2.54. The number of carboxylic acids is 2. The van der Waals surface area contributed by atoms with Gasteiger partial charge in [0.2, 0.25) is 0 Å². The molecule has 0 aliphatic heterocycles. The summed E-state index contributed by atoms with van der Waals surface area (Å²) in [5.74, 6) is -0.756. The van der Waals surface area contributed by atoms with Gasteiger partial charge in [-0.3, -0.25) is 0 Å². The van der Waals surface area contributed by atoms with E-state index >= 15 is 0 Å². The zero-order chi connectivity index (χ0) is 18.3. The van der Waals surface area contributed by atoms with Crippen LogP contribution in [0.5, 0.6) is 11.5 Å². The molecule has 0 amide bonds. The van der Waals surface area contributed by atoms with Gasteiger partial charge in [0.25, 0.3) is 0 Å². The summed E-state index contributed by atoms with van der Waals surface area (Å²) in [6, 6.07) is 9.90. The Balaban J connectivity index is 0.000000240. The molecule has 6 heteroatoms. The summed E-state index contributed by atoms with van der Waals surface area (Å²) in [5.41, 5.74) is 2.06. The van der Waals surface area contributed by atoms with E-state index in [1.54, 1.807) is 44.4 Å². The van der Waals surface area contributed by atoms with Gasteiger partial charge in [-0.25, -0.2) is 9.59 Å². The average molecular weight is 332 g/mol. The molecule has 0 aliphatic rings. The van der Waals surface area contributed by atoms with E-state index in [0.29, 0.717) is 17.1 Å². The highest BCUT2D eigenvalue weighted by Crippen LogP contribution is 2.21. The van der Waals surface area contributed by atoms with Crippen LogP contribution in [-0.4, -0.2) is 36.4 Å². The Bertz CT molecular complexity index is 736. The molecule has 0 fully saturated rings. The lowest BCUT2D eigenvalue weighted by atomic mass is 10.1. The number of carboxylic acid groups (broad SMARTS) is 2. The summed E-state index contributed by atoms with van der Waals surface area (Å²) in [6.07, 6.45) is 0.